The maximum absolute atomic E-state index is 13.0. The van der Waals surface area contributed by atoms with E-state index in [1.807, 2.05) is 13.0 Å². The summed E-state index contributed by atoms with van der Waals surface area (Å²) in [5.41, 5.74) is 2.82. The first-order valence-electron chi connectivity index (χ1n) is 8.55. The van der Waals surface area contributed by atoms with Crippen molar-refractivity contribution in [1.29, 1.82) is 0 Å². The molecule has 27 heavy (non-hydrogen) atoms. The van der Waals surface area contributed by atoms with Gasteiger partial charge in [0.15, 0.2) is 0 Å². The Kier molecular flexibility index (Phi) is 5.25. The number of aromatic nitrogens is 3. The van der Waals surface area contributed by atoms with Crippen molar-refractivity contribution in [1.82, 2.24) is 14.8 Å². The molecule has 0 radical (unpaired) electrons. The van der Waals surface area contributed by atoms with Crippen LogP contribution in [0.25, 0.3) is 5.69 Å². The number of rotatable bonds is 6. The number of aliphatic imine (C=N–C) groups is 1. The molecule has 8 heteroatoms. The molecule has 0 unspecified atom stereocenters. The molecular weight excluding hydrogens is 346 g/mol. The number of nitro benzene ring substituents is 1. The number of nitrogens with zero attached hydrogens (tertiary/aromatic N) is 4. The monoisotopic (exact) mass is 365 g/mol. The van der Waals surface area contributed by atoms with Crippen LogP contribution in [0.3, 0.4) is 0 Å². The first-order valence-corrected chi connectivity index (χ1v) is 8.55. The van der Waals surface area contributed by atoms with E-state index in [1.54, 1.807) is 37.5 Å². The normalized spacial score (nSPS) is 11.6. The van der Waals surface area contributed by atoms with Crippen molar-refractivity contribution in [2.75, 3.05) is 0 Å². The highest BCUT2D eigenvalue weighted by Gasteiger charge is 2.18. The average molecular weight is 365 g/mol. The van der Waals surface area contributed by atoms with Crippen molar-refractivity contribution in [3.8, 4) is 5.69 Å². The lowest BCUT2D eigenvalue weighted by Crippen LogP contribution is -2.19. The molecule has 1 aromatic carbocycles. The zero-order chi connectivity index (χ0) is 19.4. The zero-order valence-electron chi connectivity index (χ0n) is 15.0. The Morgan fingerprint density at radius 2 is 2.04 bits per heavy atom. The number of non-ortho nitro benzene ring substituents is 1. The largest absolute Gasteiger partial charge is 0.294 e. The summed E-state index contributed by atoms with van der Waals surface area (Å²) < 4.78 is 1.40. The van der Waals surface area contributed by atoms with Gasteiger partial charge in [-0.3, -0.25) is 30.0 Å². The molecule has 0 aliphatic rings. The van der Waals surface area contributed by atoms with Gasteiger partial charge in [0.25, 0.3) is 11.2 Å². The molecule has 0 amide bonds. The van der Waals surface area contributed by atoms with Gasteiger partial charge in [0.1, 0.15) is 0 Å². The molecule has 0 spiro atoms. The van der Waals surface area contributed by atoms with E-state index in [2.05, 4.69) is 15.1 Å². The highest BCUT2D eigenvalue weighted by molar-refractivity contribution is 6.01. The molecule has 0 saturated carbocycles. The van der Waals surface area contributed by atoms with Crippen LogP contribution in [0.1, 0.15) is 31.5 Å². The lowest BCUT2D eigenvalue weighted by atomic mass is 10.1. The predicted octanol–water partition coefficient (Wildman–Crippen LogP) is 3.56. The number of nitro groups is 1. The fourth-order valence-electron chi connectivity index (χ4n) is 2.86. The Morgan fingerprint density at radius 1 is 1.30 bits per heavy atom. The van der Waals surface area contributed by atoms with Gasteiger partial charge in [-0.25, -0.2) is 4.68 Å². The molecule has 0 atom stereocenters. The second kappa shape index (κ2) is 7.77. The summed E-state index contributed by atoms with van der Waals surface area (Å²) >= 11 is 0. The lowest BCUT2D eigenvalue weighted by Gasteiger charge is -2.01. The van der Waals surface area contributed by atoms with Gasteiger partial charge in [0.2, 0.25) is 0 Å². The van der Waals surface area contributed by atoms with Gasteiger partial charge >= 0.3 is 0 Å². The first kappa shape index (κ1) is 18.2. The smallest absolute Gasteiger partial charge is 0.280 e. The van der Waals surface area contributed by atoms with Crippen LogP contribution in [0.5, 0.6) is 0 Å². The zero-order valence-corrected chi connectivity index (χ0v) is 15.0. The van der Waals surface area contributed by atoms with E-state index >= 15 is 0 Å². The lowest BCUT2D eigenvalue weighted by molar-refractivity contribution is -0.384. The predicted molar refractivity (Wildman–Crippen MR) is 103 cm³/mol. The molecule has 3 rings (SSSR count). The maximum atomic E-state index is 13.0. The minimum Gasteiger partial charge on any atom is -0.294 e. The molecule has 0 fully saturated rings. The van der Waals surface area contributed by atoms with Crippen LogP contribution < -0.4 is 5.56 Å². The topological polar surface area (TPSA) is 106 Å². The Balaban J connectivity index is 2.08. The number of nitrogens with one attached hydrogen (secondary N) is 1. The van der Waals surface area contributed by atoms with E-state index in [9.17, 15) is 14.9 Å². The van der Waals surface area contributed by atoms with E-state index in [-0.39, 0.29) is 11.2 Å². The molecule has 0 bridgehead atoms. The third-order valence-corrected chi connectivity index (χ3v) is 4.09. The summed E-state index contributed by atoms with van der Waals surface area (Å²) in [6.45, 7) is 3.82. The Labute approximate surface area is 155 Å². The van der Waals surface area contributed by atoms with Gasteiger partial charge in [0, 0.05) is 24.0 Å². The SMILES string of the molecule is CCCc1[nH]n(-c2ccc([N+](=O)[O-])cc2)c(=O)c1C(C)=Nc1cccnc1. The number of hydrogen-bond donors (Lipinski definition) is 1. The summed E-state index contributed by atoms with van der Waals surface area (Å²) in [5.74, 6) is 0. The molecule has 3 aromatic rings. The number of H-pyrrole nitrogens is 1. The molecule has 0 saturated heterocycles. The Morgan fingerprint density at radius 3 is 2.63 bits per heavy atom. The molecule has 138 valence electrons. The quantitative estimate of drug-likeness (QED) is 0.409. The number of benzene rings is 1. The van der Waals surface area contributed by atoms with Gasteiger partial charge < -0.3 is 0 Å². The Hall–Kier alpha value is -3.55. The highest BCUT2D eigenvalue weighted by Crippen LogP contribution is 2.17. The number of hydrogen-bond acceptors (Lipinski definition) is 5. The van der Waals surface area contributed by atoms with Crippen molar-refractivity contribution in [3.05, 3.63) is 80.5 Å². The number of aromatic amines is 1. The van der Waals surface area contributed by atoms with Gasteiger partial charge in [-0.15, -0.1) is 0 Å². The standard InChI is InChI=1S/C19H19N5O3/c1-3-5-17-18(13(2)21-14-6-4-11-20-12-14)19(25)23(22-17)15-7-9-16(10-8-15)24(26)27/h4,6-12,22H,3,5H2,1-2H3. The van der Waals surface area contributed by atoms with Crippen LogP contribution in [0.2, 0.25) is 0 Å². The third kappa shape index (κ3) is 3.84. The van der Waals surface area contributed by atoms with Crippen LogP contribution >= 0.6 is 0 Å². The summed E-state index contributed by atoms with van der Waals surface area (Å²) in [6, 6.07) is 9.44. The van der Waals surface area contributed by atoms with Crippen LogP contribution in [-0.2, 0) is 6.42 Å². The summed E-state index contributed by atoms with van der Waals surface area (Å²) in [7, 11) is 0. The average Bonchev–Trinajstić information content (AvgIpc) is 2.99. The molecule has 0 aliphatic heterocycles. The van der Waals surface area contributed by atoms with Crippen molar-refractivity contribution in [2.45, 2.75) is 26.7 Å². The molecule has 1 N–H and O–H groups in total. The molecule has 0 aliphatic carbocycles. The highest BCUT2D eigenvalue weighted by atomic mass is 16.6. The van der Waals surface area contributed by atoms with E-state index in [0.29, 0.717) is 29.1 Å². The van der Waals surface area contributed by atoms with Crippen LogP contribution in [0, 0.1) is 10.1 Å². The molecule has 8 nitrogen and oxygen atoms in total. The molecular formula is C19H19N5O3. The summed E-state index contributed by atoms with van der Waals surface area (Å²) in [5, 5.41) is 14.0. The molecule has 2 aromatic heterocycles. The second-order valence-corrected chi connectivity index (χ2v) is 6.04. The van der Waals surface area contributed by atoms with Crippen LogP contribution in [-0.4, -0.2) is 25.4 Å². The fraction of sp³-hybridized carbons (Fsp3) is 0.211. The van der Waals surface area contributed by atoms with Gasteiger partial charge in [-0.1, -0.05) is 13.3 Å². The van der Waals surface area contributed by atoms with Gasteiger partial charge in [-0.2, -0.15) is 0 Å². The summed E-state index contributed by atoms with van der Waals surface area (Å²) in [4.78, 5) is 31.9. The minimum atomic E-state index is -0.472. The van der Waals surface area contributed by atoms with Crippen molar-refractivity contribution in [2.24, 2.45) is 4.99 Å². The fourth-order valence-corrected chi connectivity index (χ4v) is 2.86. The number of aryl methyl sites for hydroxylation is 1. The van der Waals surface area contributed by atoms with Crippen LogP contribution in [0.15, 0.2) is 58.6 Å². The van der Waals surface area contributed by atoms with E-state index < -0.39 is 4.92 Å². The van der Waals surface area contributed by atoms with Gasteiger partial charge in [0.05, 0.1) is 33.8 Å². The van der Waals surface area contributed by atoms with E-state index in [0.717, 1.165) is 12.1 Å². The molecule has 2 heterocycles. The maximum Gasteiger partial charge on any atom is 0.280 e. The Bertz CT molecular complexity index is 1030. The second-order valence-electron chi connectivity index (χ2n) is 6.04. The third-order valence-electron chi connectivity index (χ3n) is 4.09. The summed E-state index contributed by atoms with van der Waals surface area (Å²) in [6.07, 6.45) is 4.83. The van der Waals surface area contributed by atoms with Crippen molar-refractivity contribution >= 4 is 17.1 Å². The van der Waals surface area contributed by atoms with E-state index in [1.165, 1.54) is 16.8 Å². The van der Waals surface area contributed by atoms with Gasteiger partial charge in [-0.05, 0) is 37.6 Å². The first-order chi connectivity index (χ1) is 13.0. The van der Waals surface area contributed by atoms with E-state index in [4.69, 9.17) is 0 Å². The van der Waals surface area contributed by atoms with Crippen LogP contribution in [0.4, 0.5) is 11.4 Å². The van der Waals surface area contributed by atoms with Crippen molar-refractivity contribution < 1.29 is 4.92 Å². The van der Waals surface area contributed by atoms with Crippen molar-refractivity contribution in [3.63, 3.8) is 0 Å². The minimum absolute atomic E-state index is 0.0262. The number of pyridine rings is 1.